The molecule has 1 aromatic heterocycles. The number of hydrogen-bond acceptors (Lipinski definition) is 6. The third-order valence-electron chi connectivity index (χ3n) is 4.81. The number of anilines is 1. The van der Waals surface area contributed by atoms with Crippen molar-refractivity contribution in [2.45, 2.75) is 6.92 Å². The summed E-state index contributed by atoms with van der Waals surface area (Å²) in [4.78, 5) is 49.5. The SMILES string of the molecule is Cc1ccc(N2C(=O)NC(=O)/C(=C/c3ccc(-c4cccc(C(=O)[O-])c4)o3)C2=O)cc1Cl. The first-order valence-electron chi connectivity index (χ1n) is 9.34. The monoisotopic (exact) mass is 449 g/mol. The molecule has 0 spiro atoms. The topological polar surface area (TPSA) is 120 Å². The number of rotatable bonds is 4. The van der Waals surface area contributed by atoms with Gasteiger partial charge in [0.2, 0.25) is 0 Å². The second kappa shape index (κ2) is 8.16. The van der Waals surface area contributed by atoms with Gasteiger partial charge in [-0.1, -0.05) is 35.9 Å². The second-order valence-electron chi connectivity index (χ2n) is 6.96. The number of amides is 4. The summed E-state index contributed by atoms with van der Waals surface area (Å²) in [5, 5.41) is 13.5. The molecule has 0 unspecified atom stereocenters. The third-order valence-corrected chi connectivity index (χ3v) is 5.22. The fourth-order valence-electron chi connectivity index (χ4n) is 3.14. The van der Waals surface area contributed by atoms with Gasteiger partial charge >= 0.3 is 6.03 Å². The molecule has 8 nitrogen and oxygen atoms in total. The Balaban J connectivity index is 1.67. The first-order valence-corrected chi connectivity index (χ1v) is 9.71. The molecular weight excluding hydrogens is 436 g/mol. The van der Waals surface area contributed by atoms with Crippen LogP contribution in [0.5, 0.6) is 0 Å². The molecule has 0 radical (unpaired) electrons. The Morgan fingerprint density at radius 3 is 2.59 bits per heavy atom. The normalized spacial score (nSPS) is 15.2. The van der Waals surface area contributed by atoms with Crippen LogP contribution in [0.2, 0.25) is 5.02 Å². The zero-order valence-electron chi connectivity index (χ0n) is 16.5. The number of aryl methyl sites for hydroxylation is 1. The number of carboxylic acids is 1. The maximum absolute atomic E-state index is 13.0. The van der Waals surface area contributed by atoms with Crippen molar-refractivity contribution in [3.63, 3.8) is 0 Å². The van der Waals surface area contributed by atoms with Gasteiger partial charge in [0.25, 0.3) is 11.8 Å². The van der Waals surface area contributed by atoms with Crippen molar-refractivity contribution in [3.05, 3.63) is 82.1 Å². The molecular formula is C23H14ClN2O6-. The molecule has 1 N–H and O–H groups in total. The highest BCUT2D eigenvalue weighted by Crippen LogP contribution is 2.28. The van der Waals surface area contributed by atoms with E-state index in [0.717, 1.165) is 10.5 Å². The summed E-state index contributed by atoms with van der Waals surface area (Å²) in [5.41, 5.74) is 1.11. The second-order valence-corrected chi connectivity index (χ2v) is 7.37. The number of hydrogen-bond donors (Lipinski definition) is 1. The molecule has 0 saturated carbocycles. The van der Waals surface area contributed by atoms with E-state index < -0.39 is 23.8 Å². The molecule has 1 aliphatic rings. The zero-order chi connectivity index (χ0) is 23.0. The van der Waals surface area contributed by atoms with Gasteiger partial charge in [0.15, 0.2) is 0 Å². The molecule has 9 heteroatoms. The van der Waals surface area contributed by atoms with Crippen LogP contribution in [0, 0.1) is 6.92 Å². The number of aromatic carboxylic acids is 1. The van der Waals surface area contributed by atoms with Crippen molar-refractivity contribution >= 4 is 47.2 Å². The van der Waals surface area contributed by atoms with Crippen molar-refractivity contribution < 1.29 is 28.7 Å². The Kier molecular flexibility index (Phi) is 5.38. The summed E-state index contributed by atoms with van der Waals surface area (Å²) in [7, 11) is 0. The van der Waals surface area contributed by atoms with Gasteiger partial charge in [-0.3, -0.25) is 14.9 Å². The fourth-order valence-corrected chi connectivity index (χ4v) is 3.31. The first kappa shape index (κ1) is 21.1. The molecule has 4 amide bonds. The van der Waals surface area contributed by atoms with Gasteiger partial charge in [0, 0.05) is 10.6 Å². The predicted octanol–water partition coefficient (Wildman–Crippen LogP) is 2.94. The summed E-state index contributed by atoms with van der Waals surface area (Å²) >= 11 is 6.11. The van der Waals surface area contributed by atoms with Crippen LogP contribution in [-0.4, -0.2) is 23.8 Å². The number of carboxylic acid groups (broad SMARTS) is 1. The van der Waals surface area contributed by atoms with E-state index in [9.17, 15) is 24.3 Å². The number of imide groups is 2. The summed E-state index contributed by atoms with van der Waals surface area (Å²) in [6.07, 6.45) is 1.21. The number of barbiturate groups is 1. The zero-order valence-corrected chi connectivity index (χ0v) is 17.3. The predicted molar refractivity (Wildman–Crippen MR) is 114 cm³/mol. The van der Waals surface area contributed by atoms with E-state index in [2.05, 4.69) is 5.32 Å². The number of carbonyl (C=O) groups excluding carboxylic acids is 4. The van der Waals surface area contributed by atoms with Gasteiger partial charge in [-0.2, -0.15) is 0 Å². The van der Waals surface area contributed by atoms with Gasteiger partial charge in [-0.15, -0.1) is 0 Å². The molecule has 0 aliphatic carbocycles. The lowest BCUT2D eigenvalue weighted by atomic mass is 10.1. The van der Waals surface area contributed by atoms with E-state index in [1.807, 2.05) is 0 Å². The Morgan fingerprint density at radius 1 is 1.09 bits per heavy atom. The lowest BCUT2D eigenvalue weighted by molar-refractivity contribution is -0.255. The minimum atomic E-state index is -1.33. The van der Waals surface area contributed by atoms with E-state index in [-0.39, 0.29) is 22.6 Å². The van der Waals surface area contributed by atoms with Gasteiger partial charge in [0.1, 0.15) is 17.1 Å². The summed E-state index contributed by atoms with van der Waals surface area (Å²) in [6, 6.07) is 12.8. The quantitative estimate of drug-likeness (QED) is 0.483. The van der Waals surface area contributed by atoms with Crippen molar-refractivity contribution in [3.8, 4) is 11.3 Å². The van der Waals surface area contributed by atoms with Crippen LogP contribution in [0.25, 0.3) is 17.4 Å². The number of urea groups is 1. The summed E-state index contributed by atoms with van der Waals surface area (Å²) in [6.45, 7) is 1.77. The van der Waals surface area contributed by atoms with E-state index in [1.165, 1.54) is 36.4 Å². The molecule has 4 rings (SSSR count). The number of furan rings is 1. The number of nitrogens with one attached hydrogen (secondary N) is 1. The van der Waals surface area contributed by atoms with Gasteiger partial charge in [-0.05, 0) is 54.5 Å². The minimum absolute atomic E-state index is 0.0217. The molecule has 1 aliphatic heterocycles. The van der Waals surface area contributed by atoms with Crippen LogP contribution in [0.3, 0.4) is 0 Å². The lowest BCUT2D eigenvalue weighted by Gasteiger charge is -2.26. The molecule has 0 atom stereocenters. The molecule has 3 aromatic rings. The maximum atomic E-state index is 13.0. The Hall–Kier alpha value is -4.17. The standard InChI is InChI=1S/C23H15ClN2O6/c1-12-5-6-15(10-18(12)24)26-21(28)17(20(27)25-23(26)31)11-16-7-8-19(32-16)13-3-2-4-14(9-13)22(29)30/h2-11H,1H3,(H,29,30)(H,25,27,31)/p-1/b17-11-. The van der Waals surface area contributed by atoms with Gasteiger partial charge in [0.05, 0.1) is 11.7 Å². The molecule has 1 saturated heterocycles. The molecule has 2 aromatic carbocycles. The number of halogens is 1. The smallest absolute Gasteiger partial charge is 0.335 e. The molecule has 2 heterocycles. The highest BCUT2D eigenvalue weighted by Gasteiger charge is 2.37. The summed E-state index contributed by atoms with van der Waals surface area (Å²) < 4.78 is 5.66. The fraction of sp³-hybridized carbons (Fsp3) is 0.0435. The Bertz CT molecular complexity index is 1320. The van der Waals surface area contributed by atoms with E-state index in [0.29, 0.717) is 16.3 Å². The lowest BCUT2D eigenvalue weighted by Crippen LogP contribution is -2.54. The van der Waals surface area contributed by atoms with E-state index >= 15 is 0 Å². The Morgan fingerprint density at radius 2 is 1.88 bits per heavy atom. The van der Waals surface area contributed by atoms with Crippen LogP contribution in [0.1, 0.15) is 21.7 Å². The average molecular weight is 450 g/mol. The number of carbonyl (C=O) groups is 4. The summed E-state index contributed by atoms with van der Waals surface area (Å²) in [5.74, 6) is -2.55. The van der Waals surface area contributed by atoms with E-state index in [4.69, 9.17) is 16.0 Å². The van der Waals surface area contributed by atoms with E-state index in [1.54, 1.807) is 31.2 Å². The highest BCUT2D eigenvalue weighted by atomic mass is 35.5. The van der Waals surface area contributed by atoms with Crippen molar-refractivity contribution in [2.24, 2.45) is 0 Å². The number of nitrogens with zero attached hydrogens (tertiary/aromatic N) is 1. The average Bonchev–Trinajstić information content (AvgIpc) is 3.22. The molecule has 32 heavy (non-hydrogen) atoms. The molecule has 0 bridgehead atoms. The van der Waals surface area contributed by atoms with Crippen LogP contribution in [0.4, 0.5) is 10.5 Å². The minimum Gasteiger partial charge on any atom is -0.545 e. The number of benzene rings is 2. The van der Waals surface area contributed by atoms with Crippen LogP contribution >= 0.6 is 11.6 Å². The van der Waals surface area contributed by atoms with Gasteiger partial charge < -0.3 is 14.3 Å². The van der Waals surface area contributed by atoms with Crippen LogP contribution in [-0.2, 0) is 9.59 Å². The van der Waals surface area contributed by atoms with Gasteiger partial charge in [-0.25, -0.2) is 9.69 Å². The first-order chi connectivity index (χ1) is 15.2. The molecule has 160 valence electrons. The van der Waals surface area contributed by atoms with Crippen LogP contribution in [0.15, 0.2) is 64.6 Å². The van der Waals surface area contributed by atoms with Crippen molar-refractivity contribution in [1.82, 2.24) is 5.32 Å². The largest absolute Gasteiger partial charge is 0.545 e. The maximum Gasteiger partial charge on any atom is 0.335 e. The third kappa shape index (κ3) is 3.91. The van der Waals surface area contributed by atoms with Crippen molar-refractivity contribution in [2.75, 3.05) is 4.90 Å². The van der Waals surface area contributed by atoms with Crippen molar-refractivity contribution in [1.29, 1.82) is 0 Å². The molecule has 1 fully saturated rings. The Labute approximate surface area is 186 Å². The highest BCUT2D eigenvalue weighted by molar-refractivity contribution is 6.39. The van der Waals surface area contributed by atoms with Crippen LogP contribution < -0.4 is 15.3 Å².